The molecule has 5 heteroatoms. The van der Waals surface area contributed by atoms with Crippen molar-refractivity contribution in [2.45, 2.75) is 6.92 Å². The van der Waals surface area contributed by atoms with Gasteiger partial charge in [0.2, 0.25) is 5.95 Å². The van der Waals surface area contributed by atoms with E-state index in [0.29, 0.717) is 24.6 Å². The van der Waals surface area contributed by atoms with E-state index in [1.807, 2.05) is 31.2 Å². The molecule has 1 aromatic heterocycles. The predicted octanol–water partition coefficient (Wildman–Crippen LogP) is 1.63. The van der Waals surface area contributed by atoms with Crippen molar-refractivity contribution < 1.29 is 4.79 Å². The van der Waals surface area contributed by atoms with Gasteiger partial charge in [-0.1, -0.05) is 18.2 Å². The van der Waals surface area contributed by atoms with Crippen molar-refractivity contribution in [1.29, 1.82) is 0 Å². The van der Waals surface area contributed by atoms with Crippen molar-refractivity contribution in [3.05, 3.63) is 53.9 Å². The van der Waals surface area contributed by atoms with Gasteiger partial charge in [-0.15, -0.1) is 0 Å². The van der Waals surface area contributed by atoms with Crippen molar-refractivity contribution >= 4 is 11.9 Å². The van der Waals surface area contributed by atoms with E-state index in [1.165, 1.54) is 0 Å². The summed E-state index contributed by atoms with van der Waals surface area (Å²) in [7, 11) is 0. The van der Waals surface area contributed by atoms with Crippen LogP contribution in [0.5, 0.6) is 0 Å². The van der Waals surface area contributed by atoms with Gasteiger partial charge in [0.25, 0.3) is 5.91 Å². The maximum absolute atomic E-state index is 11.9. The lowest BCUT2D eigenvalue weighted by Gasteiger charge is -2.08. The number of nitrogens with zero attached hydrogens (tertiary/aromatic N) is 2. The molecule has 0 fully saturated rings. The maximum Gasteiger partial charge on any atom is 0.251 e. The average molecular weight is 256 g/mol. The summed E-state index contributed by atoms with van der Waals surface area (Å²) >= 11 is 0. The minimum Gasteiger partial charge on any atom is -0.352 e. The number of nitrogens with one attached hydrogen (secondary N) is 2. The Morgan fingerprint density at radius 3 is 2.58 bits per heavy atom. The minimum atomic E-state index is -0.0612. The van der Waals surface area contributed by atoms with Crippen molar-refractivity contribution in [3.63, 3.8) is 0 Å². The molecule has 0 aliphatic rings. The van der Waals surface area contributed by atoms with Crippen LogP contribution in [0.2, 0.25) is 0 Å². The predicted molar refractivity (Wildman–Crippen MR) is 74.0 cm³/mol. The van der Waals surface area contributed by atoms with Gasteiger partial charge in [-0.05, 0) is 24.6 Å². The molecule has 2 rings (SSSR count). The van der Waals surface area contributed by atoms with E-state index in [2.05, 4.69) is 20.6 Å². The average Bonchev–Trinajstić information content (AvgIpc) is 2.45. The van der Waals surface area contributed by atoms with Gasteiger partial charge in [0, 0.05) is 31.0 Å². The molecule has 1 heterocycles. The lowest BCUT2D eigenvalue weighted by atomic mass is 10.1. The standard InChI is InChI=1S/C14H16N4O/c1-11-5-2-3-6-12(11)13(19)15-9-10-18-14-16-7-4-8-17-14/h2-8H,9-10H2,1H3,(H,15,19)(H,16,17,18). The highest BCUT2D eigenvalue weighted by Crippen LogP contribution is 2.06. The normalized spacial score (nSPS) is 9.95. The smallest absolute Gasteiger partial charge is 0.251 e. The second-order valence-corrected chi connectivity index (χ2v) is 4.07. The fraction of sp³-hybridized carbons (Fsp3) is 0.214. The number of carbonyl (C=O) groups excluding carboxylic acids is 1. The van der Waals surface area contributed by atoms with E-state index in [1.54, 1.807) is 18.5 Å². The number of amides is 1. The largest absolute Gasteiger partial charge is 0.352 e. The lowest BCUT2D eigenvalue weighted by molar-refractivity contribution is 0.0954. The van der Waals surface area contributed by atoms with Crippen molar-refractivity contribution in [1.82, 2.24) is 15.3 Å². The molecule has 0 saturated heterocycles. The molecule has 0 atom stereocenters. The molecule has 0 aliphatic heterocycles. The molecule has 0 saturated carbocycles. The van der Waals surface area contributed by atoms with Gasteiger partial charge in [-0.3, -0.25) is 4.79 Å². The third-order valence-corrected chi connectivity index (χ3v) is 2.65. The summed E-state index contributed by atoms with van der Waals surface area (Å²) in [4.78, 5) is 20.0. The van der Waals surface area contributed by atoms with Crippen LogP contribution in [-0.4, -0.2) is 29.0 Å². The zero-order valence-corrected chi connectivity index (χ0v) is 10.8. The summed E-state index contributed by atoms with van der Waals surface area (Å²) in [6.45, 7) is 3.03. The molecule has 0 radical (unpaired) electrons. The van der Waals surface area contributed by atoms with E-state index in [0.717, 1.165) is 5.56 Å². The Kier molecular flexibility index (Phi) is 4.44. The fourth-order valence-electron chi connectivity index (χ4n) is 1.66. The maximum atomic E-state index is 11.9. The van der Waals surface area contributed by atoms with Crippen LogP contribution in [0.25, 0.3) is 0 Å². The monoisotopic (exact) mass is 256 g/mol. The number of benzene rings is 1. The quantitative estimate of drug-likeness (QED) is 0.798. The van der Waals surface area contributed by atoms with Gasteiger partial charge >= 0.3 is 0 Å². The van der Waals surface area contributed by atoms with E-state index >= 15 is 0 Å². The number of hydrogen-bond donors (Lipinski definition) is 2. The van der Waals surface area contributed by atoms with Gasteiger partial charge in [-0.2, -0.15) is 0 Å². The molecule has 2 aromatic rings. The summed E-state index contributed by atoms with van der Waals surface area (Å²) in [6, 6.07) is 9.27. The number of aromatic nitrogens is 2. The fourth-order valence-corrected chi connectivity index (χ4v) is 1.66. The van der Waals surface area contributed by atoms with Crippen LogP contribution in [0.3, 0.4) is 0 Å². The SMILES string of the molecule is Cc1ccccc1C(=O)NCCNc1ncccn1. The molecule has 98 valence electrons. The molecule has 1 amide bonds. The molecule has 2 N–H and O–H groups in total. The van der Waals surface area contributed by atoms with Crippen LogP contribution in [0.1, 0.15) is 15.9 Å². The molecule has 1 aromatic carbocycles. The Bertz CT molecular complexity index is 542. The van der Waals surface area contributed by atoms with Crippen LogP contribution in [0.15, 0.2) is 42.7 Å². The van der Waals surface area contributed by atoms with Gasteiger partial charge in [-0.25, -0.2) is 9.97 Å². The first-order valence-corrected chi connectivity index (χ1v) is 6.12. The second-order valence-electron chi connectivity index (χ2n) is 4.07. The first-order valence-electron chi connectivity index (χ1n) is 6.12. The highest BCUT2D eigenvalue weighted by Gasteiger charge is 2.06. The van der Waals surface area contributed by atoms with E-state index in [9.17, 15) is 4.79 Å². The van der Waals surface area contributed by atoms with E-state index in [-0.39, 0.29) is 5.91 Å². The Morgan fingerprint density at radius 2 is 1.84 bits per heavy atom. The first kappa shape index (κ1) is 13.0. The highest BCUT2D eigenvalue weighted by atomic mass is 16.1. The summed E-state index contributed by atoms with van der Waals surface area (Å²) in [5, 5.41) is 5.88. The Labute approximate surface area is 112 Å². The zero-order valence-electron chi connectivity index (χ0n) is 10.8. The van der Waals surface area contributed by atoms with Crippen LogP contribution in [0.4, 0.5) is 5.95 Å². The molecule has 0 bridgehead atoms. The number of anilines is 1. The summed E-state index contributed by atoms with van der Waals surface area (Å²) in [5.74, 6) is 0.501. The van der Waals surface area contributed by atoms with Crippen molar-refractivity contribution in [2.75, 3.05) is 18.4 Å². The third kappa shape index (κ3) is 3.77. The van der Waals surface area contributed by atoms with Gasteiger partial charge in [0.05, 0.1) is 0 Å². The highest BCUT2D eigenvalue weighted by molar-refractivity contribution is 5.95. The number of aryl methyl sites for hydroxylation is 1. The van der Waals surface area contributed by atoms with Crippen molar-refractivity contribution in [3.8, 4) is 0 Å². The number of hydrogen-bond acceptors (Lipinski definition) is 4. The number of rotatable bonds is 5. The van der Waals surface area contributed by atoms with Crippen LogP contribution in [-0.2, 0) is 0 Å². The van der Waals surface area contributed by atoms with E-state index < -0.39 is 0 Å². The molecular formula is C14H16N4O. The lowest BCUT2D eigenvalue weighted by Crippen LogP contribution is -2.29. The zero-order chi connectivity index (χ0) is 13.5. The third-order valence-electron chi connectivity index (χ3n) is 2.65. The Balaban J connectivity index is 1.77. The number of carbonyl (C=O) groups is 1. The van der Waals surface area contributed by atoms with Crippen LogP contribution in [0, 0.1) is 6.92 Å². The van der Waals surface area contributed by atoms with E-state index in [4.69, 9.17) is 0 Å². The Hall–Kier alpha value is -2.43. The van der Waals surface area contributed by atoms with Gasteiger partial charge in [0.1, 0.15) is 0 Å². The minimum absolute atomic E-state index is 0.0612. The van der Waals surface area contributed by atoms with Crippen molar-refractivity contribution in [2.24, 2.45) is 0 Å². The molecule has 19 heavy (non-hydrogen) atoms. The van der Waals surface area contributed by atoms with Crippen LogP contribution < -0.4 is 10.6 Å². The van der Waals surface area contributed by atoms with Crippen LogP contribution >= 0.6 is 0 Å². The molecule has 0 aliphatic carbocycles. The topological polar surface area (TPSA) is 66.9 Å². The first-order chi connectivity index (χ1) is 9.27. The molecule has 0 spiro atoms. The van der Waals surface area contributed by atoms with Gasteiger partial charge < -0.3 is 10.6 Å². The summed E-state index contributed by atoms with van der Waals surface area (Å²) in [5.41, 5.74) is 1.68. The second kappa shape index (κ2) is 6.49. The summed E-state index contributed by atoms with van der Waals surface area (Å²) < 4.78 is 0. The summed E-state index contributed by atoms with van der Waals surface area (Å²) in [6.07, 6.45) is 3.34. The molecule has 0 unspecified atom stereocenters. The Morgan fingerprint density at radius 1 is 1.11 bits per heavy atom. The van der Waals surface area contributed by atoms with Gasteiger partial charge in [0.15, 0.2) is 0 Å². The molecular weight excluding hydrogens is 240 g/mol. The molecule has 5 nitrogen and oxygen atoms in total.